The lowest BCUT2D eigenvalue weighted by Crippen LogP contribution is -2.30. The SMILES string of the molecule is COc1ccc(SCC(=O)O[C@@H](C)C(=O)Nc2ccccc2-c2ccccc2)cc1. The summed E-state index contributed by atoms with van der Waals surface area (Å²) in [6.45, 7) is 1.57. The van der Waals surface area contributed by atoms with E-state index in [1.807, 2.05) is 78.9 Å². The van der Waals surface area contributed by atoms with Crippen LogP contribution in [0.15, 0.2) is 83.8 Å². The van der Waals surface area contributed by atoms with Crippen molar-refractivity contribution in [1.29, 1.82) is 0 Å². The van der Waals surface area contributed by atoms with E-state index in [0.29, 0.717) is 5.69 Å². The minimum atomic E-state index is -0.905. The lowest BCUT2D eigenvalue weighted by atomic mass is 10.0. The molecule has 0 heterocycles. The molecule has 0 saturated heterocycles. The van der Waals surface area contributed by atoms with Crippen LogP contribution in [-0.4, -0.2) is 30.8 Å². The van der Waals surface area contributed by atoms with Gasteiger partial charge in [0, 0.05) is 16.1 Å². The number of nitrogens with one attached hydrogen (secondary N) is 1. The summed E-state index contributed by atoms with van der Waals surface area (Å²) < 4.78 is 10.4. The first-order valence-corrected chi connectivity index (χ1v) is 10.5. The second-order valence-corrected chi connectivity index (χ2v) is 7.55. The third-order valence-electron chi connectivity index (χ3n) is 4.36. The summed E-state index contributed by atoms with van der Waals surface area (Å²) in [5.74, 6) is 0.0453. The Hall–Kier alpha value is -3.25. The van der Waals surface area contributed by atoms with Crippen LogP contribution in [0.25, 0.3) is 11.1 Å². The Morgan fingerprint density at radius 2 is 1.60 bits per heavy atom. The molecule has 0 unspecified atom stereocenters. The Balaban J connectivity index is 1.55. The van der Waals surface area contributed by atoms with Crippen LogP contribution in [0.4, 0.5) is 5.69 Å². The highest BCUT2D eigenvalue weighted by Crippen LogP contribution is 2.28. The summed E-state index contributed by atoms with van der Waals surface area (Å²) in [7, 11) is 1.60. The Morgan fingerprint density at radius 3 is 2.30 bits per heavy atom. The zero-order valence-corrected chi connectivity index (χ0v) is 17.6. The molecule has 0 fully saturated rings. The Bertz CT molecular complexity index is 990. The van der Waals surface area contributed by atoms with Crippen LogP contribution in [-0.2, 0) is 14.3 Å². The maximum Gasteiger partial charge on any atom is 0.317 e. The van der Waals surface area contributed by atoms with Crippen molar-refractivity contribution in [3.8, 4) is 16.9 Å². The number of anilines is 1. The molecule has 0 saturated carbocycles. The third-order valence-corrected chi connectivity index (χ3v) is 5.35. The molecule has 154 valence electrons. The second kappa shape index (κ2) is 10.5. The fourth-order valence-corrected chi connectivity index (χ4v) is 3.48. The smallest absolute Gasteiger partial charge is 0.317 e. The molecule has 1 atom stereocenters. The van der Waals surface area contributed by atoms with Gasteiger partial charge in [-0.3, -0.25) is 9.59 Å². The van der Waals surface area contributed by atoms with Gasteiger partial charge in [-0.25, -0.2) is 0 Å². The number of hydrogen-bond acceptors (Lipinski definition) is 5. The van der Waals surface area contributed by atoms with Gasteiger partial charge >= 0.3 is 5.97 Å². The highest BCUT2D eigenvalue weighted by molar-refractivity contribution is 8.00. The molecule has 0 aliphatic heterocycles. The number of ether oxygens (including phenoxy) is 2. The van der Waals surface area contributed by atoms with Gasteiger partial charge in [-0.15, -0.1) is 11.8 Å². The minimum absolute atomic E-state index is 0.116. The van der Waals surface area contributed by atoms with Crippen LogP contribution in [0, 0.1) is 0 Å². The van der Waals surface area contributed by atoms with Crippen LogP contribution < -0.4 is 10.1 Å². The third kappa shape index (κ3) is 5.87. The molecule has 6 heteroatoms. The number of carbonyl (C=O) groups excluding carboxylic acids is 2. The molecule has 0 aliphatic carbocycles. The zero-order valence-electron chi connectivity index (χ0n) is 16.8. The summed E-state index contributed by atoms with van der Waals surface area (Å²) in [4.78, 5) is 25.6. The molecule has 0 aliphatic rings. The van der Waals surface area contributed by atoms with Crippen molar-refractivity contribution in [1.82, 2.24) is 0 Å². The number of amides is 1. The molecule has 3 rings (SSSR count). The summed E-state index contributed by atoms with van der Waals surface area (Å²) in [5, 5.41) is 2.86. The van der Waals surface area contributed by atoms with Crippen molar-refractivity contribution in [2.75, 3.05) is 18.2 Å². The number of para-hydroxylation sites is 1. The largest absolute Gasteiger partial charge is 0.497 e. The molecule has 0 radical (unpaired) electrons. The van der Waals surface area contributed by atoms with E-state index in [9.17, 15) is 9.59 Å². The van der Waals surface area contributed by atoms with Crippen molar-refractivity contribution < 1.29 is 19.1 Å². The number of rotatable bonds is 8. The topological polar surface area (TPSA) is 64.6 Å². The predicted molar refractivity (Wildman–Crippen MR) is 120 cm³/mol. The number of hydrogen-bond donors (Lipinski definition) is 1. The molecule has 3 aromatic rings. The van der Waals surface area contributed by atoms with E-state index in [1.165, 1.54) is 11.8 Å². The normalized spacial score (nSPS) is 11.4. The van der Waals surface area contributed by atoms with Gasteiger partial charge in [-0.05, 0) is 42.8 Å². The van der Waals surface area contributed by atoms with Crippen molar-refractivity contribution in [2.45, 2.75) is 17.9 Å². The van der Waals surface area contributed by atoms with Gasteiger partial charge in [0.25, 0.3) is 5.91 Å². The van der Waals surface area contributed by atoms with E-state index >= 15 is 0 Å². The number of carbonyl (C=O) groups is 2. The first-order valence-electron chi connectivity index (χ1n) is 9.48. The van der Waals surface area contributed by atoms with Crippen molar-refractivity contribution >= 4 is 29.3 Å². The molecule has 0 aromatic heterocycles. The summed E-state index contributed by atoms with van der Waals surface area (Å²) in [6.07, 6.45) is -0.905. The maximum absolute atomic E-state index is 12.6. The average Bonchev–Trinajstić information content (AvgIpc) is 2.79. The van der Waals surface area contributed by atoms with Gasteiger partial charge in [-0.1, -0.05) is 48.5 Å². The second-order valence-electron chi connectivity index (χ2n) is 6.50. The van der Waals surface area contributed by atoms with Crippen LogP contribution in [0.5, 0.6) is 5.75 Å². The van der Waals surface area contributed by atoms with Gasteiger partial charge in [0.05, 0.1) is 12.9 Å². The van der Waals surface area contributed by atoms with E-state index in [4.69, 9.17) is 9.47 Å². The van der Waals surface area contributed by atoms with Gasteiger partial charge in [0.1, 0.15) is 5.75 Å². The number of benzene rings is 3. The van der Waals surface area contributed by atoms with E-state index in [0.717, 1.165) is 21.8 Å². The zero-order chi connectivity index (χ0) is 21.3. The lowest BCUT2D eigenvalue weighted by molar-refractivity contribution is -0.150. The van der Waals surface area contributed by atoms with Crippen molar-refractivity contribution in [3.05, 3.63) is 78.9 Å². The van der Waals surface area contributed by atoms with Gasteiger partial charge in [0.2, 0.25) is 0 Å². The van der Waals surface area contributed by atoms with Gasteiger partial charge < -0.3 is 14.8 Å². The molecule has 30 heavy (non-hydrogen) atoms. The van der Waals surface area contributed by atoms with Crippen LogP contribution in [0.3, 0.4) is 0 Å². The predicted octanol–water partition coefficient (Wildman–Crippen LogP) is 5.02. The monoisotopic (exact) mass is 421 g/mol. The van der Waals surface area contributed by atoms with Crippen molar-refractivity contribution in [2.24, 2.45) is 0 Å². The summed E-state index contributed by atoms with van der Waals surface area (Å²) in [6, 6.07) is 24.7. The van der Waals surface area contributed by atoms with Crippen molar-refractivity contribution in [3.63, 3.8) is 0 Å². The highest BCUT2D eigenvalue weighted by atomic mass is 32.2. The summed E-state index contributed by atoms with van der Waals surface area (Å²) >= 11 is 1.34. The Labute approximate surface area is 180 Å². The molecular weight excluding hydrogens is 398 g/mol. The lowest BCUT2D eigenvalue weighted by Gasteiger charge is -2.16. The molecule has 0 bridgehead atoms. The van der Waals surface area contributed by atoms with Gasteiger partial charge in [0.15, 0.2) is 6.10 Å². The fourth-order valence-electron chi connectivity index (χ4n) is 2.79. The van der Waals surface area contributed by atoms with Crippen LogP contribution >= 0.6 is 11.8 Å². The molecule has 3 aromatic carbocycles. The van der Waals surface area contributed by atoms with Crippen LogP contribution in [0.1, 0.15) is 6.92 Å². The molecule has 1 amide bonds. The highest BCUT2D eigenvalue weighted by Gasteiger charge is 2.19. The van der Waals surface area contributed by atoms with E-state index in [1.54, 1.807) is 14.0 Å². The molecule has 5 nitrogen and oxygen atoms in total. The van der Waals surface area contributed by atoms with Crippen LogP contribution in [0.2, 0.25) is 0 Å². The quantitative estimate of drug-likeness (QED) is 0.408. The Kier molecular flexibility index (Phi) is 7.51. The van der Waals surface area contributed by atoms with E-state index in [-0.39, 0.29) is 11.7 Å². The molecule has 1 N–H and O–H groups in total. The van der Waals surface area contributed by atoms with E-state index < -0.39 is 12.1 Å². The maximum atomic E-state index is 12.6. The first-order chi connectivity index (χ1) is 14.6. The fraction of sp³-hybridized carbons (Fsp3) is 0.167. The summed E-state index contributed by atoms with van der Waals surface area (Å²) in [5.41, 5.74) is 2.57. The first kappa shape index (κ1) is 21.5. The number of esters is 1. The standard InChI is InChI=1S/C24H23NO4S/c1-17(29-23(26)16-30-20-14-12-19(28-2)13-15-20)24(27)25-22-11-7-6-10-21(22)18-8-4-3-5-9-18/h3-15,17H,16H2,1-2H3,(H,25,27)/t17-/m0/s1. The van der Waals surface area contributed by atoms with Gasteiger partial charge in [-0.2, -0.15) is 0 Å². The minimum Gasteiger partial charge on any atom is -0.497 e. The molecular formula is C24H23NO4S. The number of methoxy groups -OCH3 is 1. The number of thioether (sulfide) groups is 1. The molecule has 0 spiro atoms. The Morgan fingerprint density at radius 1 is 0.933 bits per heavy atom. The average molecular weight is 422 g/mol. The van der Waals surface area contributed by atoms with E-state index in [2.05, 4.69) is 5.32 Å².